The van der Waals surface area contributed by atoms with Gasteiger partial charge in [0.2, 0.25) is 6.41 Å². The zero-order chi connectivity index (χ0) is 9.84. The number of nitrogens with zero attached hydrogens (tertiary/aromatic N) is 1. The molecule has 0 fully saturated rings. The Morgan fingerprint density at radius 1 is 1.62 bits per heavy atom. The lowest BCUT2D eigenvalue weighted by Gasteiger charge is -2.04. The molecule has 0 aromatic carbocycles. The van der Waals surface area contributed by atoms with E-state index < -0.39 is 0 Å². The van der Waals surface area contributed by atoms with Gasteiger partial charge in [-0.2, -0.15) is 0 Å². The largest absolute Gasteiger partial charge is 0.354 e. The maximum Gasteiger partial charge on any atom is 0.261 e. The lowest BCUT2D eigenvalue weighted by Crippen LogP contribution is -2.16. The van der Waals surface area contributed by atoms with Crippen molar-refractivity contribution in [3.63, 3.8) is 0 Å². The Kier molecular flexibility index (Phi) is 3.02. The number of amides is 2. The molecule has 0 saturated heterocycles. The van der Waals surface area contributed by atoms with E-state index in [1.54, 1.807) is 26.2 Å². The third-order valence-corrected chi connectivity index (χ3v) is 2.72. The summed E-state index contributed by atoms with van der Waals surface area (Å²) in [6.07, 6.45) is 0.708. The van der Waals surface area contributed by atoms with Gasteiger partial charge >= 0.3 is 0 Å². The van der Waals surface area contributed by atoms with Crippen molar-refractivity contribution in [3.8, 4) is 0 Å². The molecule has 4 nitrogen and oxygen atoms in total. The van der Waals surface area contributed by atoms with Gasteiger partial charge in [0.15, 0.2) is 0 Å². The van der Waals surface area contributed by atoms with Crippen LogP contribution in [-0.4, -0.2) is 26.4 Å². The molecule has 0 aliphatic rings. The maximum atomic E-state index is 11.1. The number of thiophene rings is 1. The van der Waals surface area contributed by atoms with Gasteiger partial charge in [0.25, 0.3) is 5.91 Å². The predicted molar refractivity (Wildman–Crippen MR) is 52.2 cm³/mol. The Labute approximate surface area is 80.2 Å². The topological polar surface area (TPSA) is 49.4 Å². The fourth-order valence-electron chi connectivity index (χ4n) is 0.814. The van der Waals surface area contributed by atoms with Crippen LogP contribution in [0.2, 0.25) is 0 Å². The van der Waals surface area contributed by atoms with Crippen LogP contribution in [0, 0.1) is 0 Å². The smallest absolute Gasteiger partial charge is 0.261 e. The monoisotopic (exact) mass is 198 g/mol. The SMILES string of the molecule is CNC(=O)c1ccc(N(C)C=O)s1. The molecule has 0 radical (unpaired) electrons. The van der Waals surface area contributed by atoms with Gasteiger partial charge in [-0.1, -0.05) is 0 Å². The third kappa shape index (κ3) is 2.06. The molecule has 70 valence electrons. The molecule has 1 aromatic rings. The molecule has 0 saturated carbocycles. The van der Waals surface area contributed by atoms with Gasteiger partial charge in [-0.05, 0) is 12.1 Å². The number of anilines is 1. The van der Waals surface area contributed by atoms with Crippen molar-refractivity contribution in [2.45, 2.75) is 0 Å². The summed E-state index contributed by atoms with van der Waals surface area (Å²) in [6, 6.07) is 3.43. The van der Waals surface area contributed by atoms with Crippen LogP contribution in [0.15, 0.2) is 12.1 Å². The Morgan fingerprint density at radius 3 is 2.85 bits per heavy atom. The first-order valence-corrected chi connectivity index (χ1v) is 4.50. The molecular weight excluding hydrogens is 188 g/mol. The summed E-state index contributed by atoms with van der Waals surface area (Å²) >= 11 is 1.28. The average Bonchev–Trinajstić information content (AvgIpc) is 2.64. The Balaban J connectivity index is 2.86. The van der Waals surface area contributed by atoms with Crippen LogP contribution in [0.4, 0.5) is 5.00 Å². The summed E-state index contributed by atoms with van der Waals surface area (Å²) in [7, 11) is 3.22. The highest BCUT2D eigenvalue weighted by molar-refractivity contribution is 7.18. The molecule has 2 amide bonds. The predicted octanol–water partition coefficient (Wildman–Crippen LogP) is 0.700. The van der Waals surface area contributed by atoms with Gasteiger partial charge in [-0.3, -0.25) is 9.59 Å². The summed E-state index contributed by atoms with van der Waals surface area (Å²) in [5.41, 5.74) is 0. The lowest BCUT2D eigenvalue weighted by molar-refractivity contribution is -0.107. The van der Waals surface area contributed by atoms with Crippen molar-refractivity contribution in [2.24, 2.45) is 0 Å². The van der Waals surface area contributed by atoms with Gasteiger partial charge < -0.3 is 10.2 Å². The maximum absolute atomic E-state index is 11.1. The van der Waals surface area contributed by atoms with Gasteiger partial charge in [0.05, 0.1) is 9.88 Å². The van der Waals surface area contributed by atoms with Crippen molar-refractivity contribution in [2.75, 3.05) is 19.0 Å². The van der Waals surface area contributed by atoms with Crippen molar-refractivity contribution in [1.29, 1.82) is 0 Å². The molecule has 0 atom stereocenters. The summed E-state index contributed by atoms with van der Waals surface area (Å²) in [6.45, 7) is 0. The molecule has 1 heterocycles. The van der Waals surface area contributed by atoms with E-state index in [0.29, 0.717) is 11.3 Å². The first-order valence-electron chi connectivity index (χ1n) is 3.69. The van der Waals surface area contributed by atoms with Crippen LogP contribution in [0.1, 0.15) is 9.67 Å². The van der Waals surface area contributed by atoms with E-state index >= 15 is 0 Å². The van der Waals surface area contributed by atoms with Crippen LogP contribution in [0.3, 0.4) is 0 Å². The average molecular weight is 198 g/mol. The van der Waals surface area contributed by atoms with Crippen molar-refractivity contribution in [1.82, 2.24) is 5.32 Å². The van der Waals surface area contributed by atoms with Crippen LogP contribution in [0.25, 0.3) is 0 Å². The summed E-state index contributed by atoms with van der Waals surface area (Å²) in [5, 5.41) is 3.27. The van der Waals surface area contributed by atoms with Crippen LogP contribution in [0.5, 0.6) is 0 Å². The highest BCUT2D eigenvalue weighted by atomic mass is 32.1. The van der Waals surface area contributed by atoms with E-state index in [1.807, 2.05) is 0 Å². The second kappa shape index (κ2) is 4.04. The highest BCUT2D eigenvalue weighted by Gasteiger charge is 2.08. The molecule has 0 bridgehead atoms. The normalized spacial score (nSPS) is 9.38. The third-order valence-electron chi connectivity index (χ3n) is 1.55. The minimum absolute atomic E-state index is 0.129. The van der Waals surface area contributed by atoms with E-state index in [1.165, 1.54) is 16.2 Å². The number of carbonyl (C=O) groups is 2. The zero-order valence-corrected chi connectivity index (χ0v) is 8.22. The van der Waals surface area contributed by atoms with Gasteiger partial charge in [0.1, 0.15) is 0 Å². The molecule has 0 aliphatic carbocycles. The summed E-state index contributed by atoms with van der Waals surface area (Å²) in [4.78, 5) is 23.5. The Morgan fingerprint density at radius 2 is 2.31 bits per heavy atom. The second-order valence-electron chi connectivity index (χ2n) is 2.43. The Bertz CT molecular complexity index is 322. The molecule has 5 heteroatoms. The summed E-state index contributed by atoms with van der Waals surface area (Å²) < 4.78 is 0. The Hall–Kier alpha value is -1.36. The standard InChI is InChI=1S/C8H10N2O2S/c1-9-8(12)6-3-4-7(13-6)10(2)5-11/h3-5H,1-2H3,(H,9,12). The minimum atomic E-state index is -0.129. The molecule has 1 N–H and O–H groups in total. The van der Waals surface area contributed by atoms with Gasteiger partial charge in [0, 0.05) is 14.1 Å². The molecule has 13 heavy (non-hydrogen) atoms. The van der Waals surface area contributed by atoms with Crippen molar-refractivity contribution < 1.29 is 9.59 Å². The first kappa shape index (κ1) is 9.73. The molecule has 0 aliphatic heterocycles. The zero-order valence-electron chi connectivity index (χ0n) is 7.40. The number of hydrogen-bond acceptors (Lipinski definition) is 3. The number of rotatable bonds is 3. The van der Waals surface area contributed by atoms with Crippen molar-refractivity contribution >= 4 is 28.7 Å². The first-order chi connectivity index (χ1) is 6.19. The molecule has 0 unspecified atom stereocenters. The van der Waals surface area contributed by atoms with E-state index in [4.69, 9.17) is 0 Å². The van der Waals surface area contributed by atoms with Crippen molar-refractivity contribution in [3.05, 3.63) is 17.0 Å². The molecule has 0 spiro atoms. The van der Waals surface area contributed by atoms with E-state index in [-0.39, 0.29) is 5.91 Å². The van der Waals surface area contributed by atoms with E-state index in [2.05, 4.69) is 5.32 Å². The highest BCUT2D eigenvalue weighted by Crippen LogP contribution is 2.23. The van der Waals surface area contributed by atoms with E-state index in [9.17, 15) is 9.59 Å². The number of hydrogen-bond donors (Lipinski definition) is 1. The van der Waals surface area contributed by atoms with Crippen LogP contribution < -0.4 is 10.2 Å². The van der Waals surface area contributed by atoms with Gasteiger partial charge in [-0.25, -0.2) is 0 Å². The molecular formula is C8H10N2O2S. The minimum Gasteiger partial charge on any atom is -0.354 e. The number of carbonyl (C=O) groups excluding carboxylic acids is 2. The van der Waals surface area contributed by atoms with E-state index in [0.717, 1.165) is 5.00 Å². The lowest BCUT2D eigenvalue weighted by atomic mass is 10.4. The van der Waals surface area contributed by atoms with Crippen LogP contribution in [-0.2, 0) is 4.79 Å². The second-order valence-corrected chi connectivity index (χ2v) is 3.50. The fourth-order valence-corrected chi connectivity index (χ4v) is 1.69. The quantitative estimate of drug-likeness (QED) is 0.727. The number of nitrogens with one attached hydrogen (secondary N) is 1. The molecule has 1 aromatic heterocycles. The fraction of sp³-hybridized carbons (Fsp3) is 0.250. The van der Waals surface area contributed by atoms with Crippen LogP contribution >= 0.6 is 11.3 Å². The summed E-state index contributed by atoms with van der Waals surface area (Å²) in [5.74, 6) is -0.129. The molecule has 1 rings (SSSR count). The van der Waals surface area contributed by atoms with Gasteiger partial charge in [-0.15, -0.1) is 11.3 Å².